The van der Waals surface area contributed by atoms with Crippen LogP contribution in [0.15, 0.2) is 29.8 Å². The van der Waals surface area contributed by atoms with Gasteiger partial charge >= 0.3 is 5.97 Å². The van der Waals surface area contributed by atoms with Crippen LogP contribution in [0.2, 0.25) is 5.02 Å². The molecule has 1 spiro atoms. The molecular formula is C24H32ClFO6S. The maximum Gasteiger partial charge on any atom is 0.335 e. The molecule has 0 N–H and O–H groups in total. The number of carbonyl (C=O) groups excluding carboxylic acids is 1. The van der Waals surface area contributed by atoms with Gasteiger partial charge in [0.05, 0.1) is 34.9 Å². The first-order valence-corrected chi connectivity index (χ1v) is 13.6. The standard InChI is InChI=1S/C24H32ClFO6S/c1-5-21-23(6-2,7-3)32-24(31-21)12-11-20(18(14-24)22(27)30-8-4)33(28,29)15-16-9-10-17(26)13-19(16)25/h9-10,13-14,20-21H,5-8,11-12,15H2,1-4H3. The Morgan fingerprint density at radius 2 is 1.94 bits per heavy atom. The monoisotopic (exact) mass is 502 g/mol. The van der Waals surface area contributed by atoms with Crippen molar-refractivity contribution in [2.24, 2.45) is 0 Å². The highest BCUT2D eigenvalue weighted by molar-refractivity contribution is 7.91. The highest BCUT2D eigenvalue weighted by Gasteiger charge is 2.56. The van der Waals surface area contributed by atoms with E-state index in [4.69, 9.17) is 25.8 Å². The van der Waals surface area contributed by atoms with E-state index >= 15 is 0 Å². The van der Waals surface area contributed by atoms with Crippen LogP contribution in [0.5, 0.6) is 0 Å². The van der Waals surface area contributed by atoms with Gasteiger partial charge in [0.15, 0.2) is 15.6 Å². The van der Waals surface area contributed by atoms with Crippen molar-refractivity contribution >= 4 is 27.4 Å². The van der Waals surface area contributed by atoms with Crippen LogP contribution < -0.4 is 0 Å². The highest BCUT2D eigenvalue weighted by Crippen LogP contribution is 2.48. The summed E-state index contributed by atoms with van der Waals surface area (Å²) in [7, 11) is -3.88. The number of sulfone groups is 1. The Bertz CT molecular complexity index is 1020. The number of ether oxygens (including phenoxy) is 3. The van der Waals surface area contributed by atoms with Crippen molar-refractivity contribution in [2.45, 2.75) is 88.3 Å². The summed E-state index contributed by atoms with van der Waals surface area (Å²) in [6.07, 6.45) is 3.96. The van der Waals surface area contributed by atoms with Gasteiger partial charge in [-0.15, -0.1) is 0 Å². The molecule has 1 saturated heterocycles. The van der Waals surface area contributed by atoms with E-state index in [0.717, 1.165) is 31.4 Å². The molecule has 1 aliphatic carbocycles. The lowest BCUT2D eigenvalue weighted by atomic mass is 9.89. The molecule has 0 amide bonds. The summed E-state index contributed by atoms with van der Waals surface area (Å²) in [5.74, 6) is -2.85. The fraction of sp³-hybridized carbons (Fsp3) is 0.625. The molecule has 2 aliphatic rings. The minimum atomic E-state index is -3.88. The summed E-state index contributed by atoms with van der Waals surface area (Å²) < 4.78 is 58.2. The maximum atomic E-state index is 13.4. The second-order valence-electron chi connectivity index (χ2n) is 8.59. The lowest BCUT2D eigenvalue weighted by Crippen LogP contribution is -2.42. The Hall–Kier alpha value is -1.48. The van der Waals surface area contributed by atoms with Crippen LogP contribution in [0.3, 0.4) is 0 Å². The molecule has 6 nitrogen and oxygen atoms in total. The van der Waals surface area contributed by atoms with Gasteiger partial charge in [-0.25, -0.2) is 17.6 Å². The number of hydrogen-bond acceptors (Lipinski definition) is 6. The van der Waals surface area contributed by atoms with Gasteiger partial charge in [-0.1, -0.05) is 38.4 Å². The van der Waals surface area contributed by atoms with E-state index in [1.54, 1.807) is 6.92 Å². The summed E-state index contributed by atoms with van der Waals surface area (Å²) in [6, 6.07) is 3.58. The number of carbonyl (C=O) groups is 1. The number of halogens is 2. The van der Waals surface area contributed by atoms with Crippen LogP contribution in [-0.4, -0.2) is 43.7 Å². The molecule has 3 rings (SSSR count). The van der Waals surface area contributed by atoms with Crippen LogP contribution in [0.1, 0.15) is 65.4 Å². The van der Waals surface area contributed by atoms with Gasteiger partial charge in [0.25, 0.3) is 0 Å². The van der Waals surface area contributed by atoms with E-state index in [1.165, 1.54) is 12.1 Å². The summed E-state index contributed by atoms with van der Waals surface area (Å²) in [5, 5.41) is -1.08. The van der Waals surface area contributed by atoms with Gasteiger partial charge in [0.2, 0.25) is 0 Å². The van der Waals surface area contributed by atoms with E-state index in [1.807, 2.05) is 20.8 Å². The highest BCUT2D eigenvalue weighted by atomic mass is 35.5. The zero-order valence-electron chi connectivity index (χ0n) is 19.5. The molecule has 33 heavy (non-hydrogen) atoms. The van der Waals surface area contributed by atoms with E-state index < -0.39 is 44.0 Å². The summed E-state index contributed by atoms with van der Waals surface area (Å²) in [5.41, 5.74) is -0.214. The number of esters is 1. The molecule has 1 aromatic rings. The van der Waals surface area contributed by atoms with Gasteiger partial charge in [-0.05, 0) is 56.4 Å². The molecule has 0 radical (unpaired) electrons. The predicted octanol–water partition coefficient (Wildman–Crippen LogP) is 5.13. The van der Waals surface area contributed by atoms with Crippen molar-refractivity contribution < 1.29 is 31.8 Å². The molecule has 0 saturated carbocycles. The minimum Gasteiger partial charge on any atom is -0.463 e. The third-order valence-electron chi connectivity index (χ3n) is 6.67. The second kappa shape index (κ2) is 10.0. The fourth-order valence-electron chi connectivity index (χ4n) is 4.88. The van der Waals surface area contributed by atoms with E-state index in [9.17, 15) is 17.6 Å². The molecule has 9 heteroatoms. The Morgan fingerprint density at radius 1 is 1.24 bits per heavy atom. The Kier molecular flexibility index (Phi) is 7.93. The van der Waals surface area contributed by atoms with Crippen LogP contribution in [0.4, 0.5) is 4.39 Å². The molecule has 0 bridgehead atoms. The molecule has 1 fully saturated rings. The van der Waals surface area contributed by atoms with Crippen LogP contribution in [-0.2, 0) is 34.6 Å². The first-order chi connectivity index (χ1) is 15.5. The van der Waals surface area contributed by atoms with Gasteiger partial charge in [0.1, 0.15) is 5.82 Å². The van der Waals surface area contributed by atoms with Crippen molar-refractivity contribution in [2.75, 3.05) is 6.61 Å². The first kappa shape index (κ1) is 26.1. The largest absolute Gasteiger partial charge is 0.463 e. The third kappa shape index (κ3) is 5.14. The Morgan fingerprint density at radius 3 is 2.48 bits per heavy atom. The number of hydrogen-bond donors (Lipinski definition) is 0. The summed E-state index contributed by atoms with van der Waals surface area (Å²) in [6.45, 7) is 7.85. The number of benzene rings is 1. The molecule has 3 unspecified atom stereocenters. The third-order valence-corrected chi connectivity index (χ3v) is 9.09. The van der Waals surface area contributed by atoms with E-state index in [0.29, 0.717) is 0 Å². The SMILES string of the molecule is CCOC(=O)C1=CC2(CCC1S(=O)(=O)Cc1ccc(F)cc1Cl)OC(CC)C(CC)(CC)O2. The van der Waals surface area contributed by atoms with Crippen LogP contribution in [0.25, 0.3) is 0 Å². The van der Waals surface area contributed by atoms with Crippen LogP contribution in [0, 0.1) is 5.82 Å². The normalized spacial score (nSPS) is 26.9. The van der Waals surface area contributed by atoms with Gasteiger partial charge in [-0.3, -0.25) is 0 Å². The average Bonchev–Trinajstić information content (AvgIpc) is 3.09. The van der Waals surface area contributed by atoms with Crippen molar-refractivity contribution in [1.29, 1.82) is 0 Å². The molecule has 184 valence electrons. The number of rotatable bonds is 8. The molecular weight excluding hydrogens is 471 g/mol. The van der Waals surface area contributed by atoms with Gasteiger partial charge < -0.3 is 14.2 Å². The lowest BCUT2D eigenvalue weighted by Gasteiger charge is -2.35. The maximum absolute atomic E-state index is 13.4. The molecule has 3 atom stereocenters. The zero-order valence-corrected chi connectivity index (χ0v) is 21.1. The van der Waals surface area contributed by atoms with E-state index in [2.05, 4.69) is 0 Å². The lowest BCUT2D eigenvalue weighted by molar-refractivity contribution is -0.165. The topological polar surface area (TPSA) is 78.9 Å². The first-order valence-electron chi connectivity index (χ1n) is 11.5. The summed E-state index contributed by atoms with van der Waals surface area (Å²) >= 11 is 6.07. The van der Waals surface area contributed by atoms with E-state index in [-0.39, 0.29) is 41.7 Å². The Balaban J connectivity index is 1.99. The second-order valence-corrected chi connectivity index (χ2v) is 11.2. The molecule has 1 aliphatic heterocycles. The Labute approximate surface area is 200 Å². The van der Waals surface area contributed by atoms with Crippen molar-refractivity contribution in [1.82, 2.24) is 0 Å². The fourth-order valence-corrected chi connectivity index (χ4v) is 7.11. The van der Waals surface area contributed by atoms with Crippen molar-refractivity contribution in [3.63, 3.8) is 0 Å². The average molecular weight is 503 g/mol. The smallest absolute Gasteiger partial charge is 0.335 e. The molecule has 1 aromatic carbocycles. The van der Waals surface area contributed by atoms with Crippen molar-refractivity contribution in [3.05, 3.63) is 46.3 Å². The zero-order chi connectivity index (χ0) is 24.4. The van der Waals surface area contributed by atoms with Crippen LogP contribution >= 0.6 is 11.6 Å². The molecule has 0 aromatic heterocycles. The van der Waals surface area contributed by atoms with Gasteiger partial charge in [-0.2, -0.15) is 0 Å². The molecule has 1 heterocycles. The van der Waals surface area contributed by atoms with Gasteiger partial charge in [0, 0.05) is 11.4 Å². The minimum absolute atomic E-state index is 0.0131. The van der Waals surface area contributed by atoms with Crippen molar-refractivity contribution in [3.8, 4) is 0 Å². The summed E-state index contributed by atoms with van der Waals surface area (Å²) in [4.78, 5) is 12.9. The predicted molar refractivity (Wildman–Crippen MR) is 124 cm³/mol. The quantitative estimate of drug-likeness (QED) is 0.459.